The average molecular weight is 262 g/mol. The molecule has 2 heterocycles. The smallest absolute Gasteiger partial charge is 0.207 e. The third kappa shape index (κ3) is 2.13. The van der Waals surface area contributed by atoms with Crippen molar-refractivity contribution in [2.45, 2.75) is 13.8 Å². The summed E-state index contributed by atoms with van der Waals surface area (Å²) in [6.45, 7) is 3.91. The van der Waals surface area contributed by atoms with Crippen LogP contribution in [0.5, 0.6) is 0 Å². The van der Waals surface area contributed by atoms with Crippen LogP contribution in [-0.2, 0) is 0 Å². The average Bonchev–Trinajstić information content (AvgIpc) is 2.83. The highest BCUT2D eigenvalue weighted by molar-refractivity contribution is 7.18. The van der Waals surface area contributed by atoms with Crippen LogP contribution in [0.25, 0.3) is 10.2 Å². The zero-order chi connectivity index (χ0) is 11.8. The highest BCUT2D eigenvalue weighted by atomic mass is 32.1. The van der Waals surface area contributed by atoms with Crippen molar-refractivity contribution < 1.29 is 0 Å². The molecule has 0 saturated heterocycles. The Labute approximate surface area is 107 Å². The molecule has 3 aromatic rings. The molecule has 17 heavy (non-hydrogen) atoms. The molecule has 0 aliphatic heterocycles. The van der Waals surface area contributed by atoms with E-state index in [-0.39, 0.29) is 0 Å². The molecular weight excluding hydrogens is 252 g/mol. The Balaban J connectivity index is 1.95. The molecule has 0 aliphatic carbocycles. The molecule has 0 aliphatic rings. The number of fused-ring (bicyclic) bond motifs is 1. The summed E-state index contributed by atoms with van der Waals surface area (Å²) in [4.78, 5) is 8.71. The van der Waals surface area contributed by atoms with E-state index in [2.05, 4.69) is 25.7 Å². The van der Waals surface area contributed by atoms with E-state index in [9.17, 15) is 0 Å². The van der Waals surface area contributed by atoms with E-state index in [0.29, 0.717) is 0 Å². The van der Waals surface area contributed by atoms with Crippen molar-refractivity contribution in [3.05, 3.63) is 29.0 Å². The van der Waals surface area contributed by atoms with Gasteiger partial charge in [0.15, 0.2) is 0 Å². The Bertz CT molecular complexity index is 671. The summed E-state index contributed by atoms with van der Waals surface area (Å²) in [6.07, 6.45) is 0. The van der Waals surface area contributed by atoms with Gasteiger partial charge in [-0.2, -0.15) is 4.37 Å². The number of aromatic nitrogens is 3. The Kier molecular flexibility index (Phi) is 2.53. The normalized spacial score (nSPS) is 10.9. The minimum absolute atomic E-state index is 0.798. The van der Waals surface area contributed by atoms with Gasteiger partial charge in [-0.1, -0.05) is 0 Å². The summed E-state index contributed by atoms with van der Waals surface area (Å²) in [7, 11) is 0. The molecule has 86 valence electrons. The van der Waals surface area contributed by atoms with Crippen LogP contribution in [0.3, 0.4) is 0 Å². The first kappa shape index (κ1) is 10.6. The maximum absolute atomic E-state index is 4.43. The number of hydrogen-bond donors (Lipinski definition) is 1. The second-order valence-electron chi connectivity index (χ2n) is 3.69. The summed E-state index contributed by atoms with van der Waals surface area (Å²) in [6, 6.07) is 6.13. The van der Waals surface area contributed by atoms with E-state index >= 15 is 0 Å². The molecule has 0 amide bonds. The second kappa shape index (κ2) is 4.05. The molecule has 0 radical (unpaired) electrons. The van der Waals surface area contributed by atoms with Gasteiger partial charge in [0.1, 0.15) is 5.82 Å². The predicted molar refractivity (Wildman–Crippen MR) is 72.3 cm³/mol. The van der Waals surface area contributed by atoms with E-state index in [1.54, 1.807) is 11.3 Å². The van der Waals surface area contributed by atoms with Gasteiger partial charge in [0.25, 0.3) is 0 Å². The van der Waals surface area contributed by atoms with Gasteiger partial charge in [-0.3, -0.25) is 0 Å². The zero-order valence-electron chi connectivity index (χ0n) is 9.39. The van der Waals surface area contributed by atoms with Crippen LogP contribution in [-0.4, -0.2) is 14.3 Å². The molecule has 0 atom stereocenters. The molecule has 0 bridgehead atoms. The van der Waals surface area contributed by atoms with Gasteiger partial charge >= 0.3 is 0 Å². The van der Waals surface area contributed by atoms with Crippen LogP contribution < -0.4 is 5.32 Å². The third-order valence-electron chi connectivity index (χ3n) is 2.27. The fourth-order valence-corrected chi connectivity index (χ4v) is 3.05. The standard InChI is InChI=1S/C11H10N4S2/c1-6-12-11(17-15-6)14-8-3-4-9-10(5-8)16-7(2)13-9/h3-5H,1-2H3,(H,12,14,15). The van der Waals surface area contributed by atoms with Crippen molar-refractivity contribution in [3.63, 3.8) is 0 Å². The van der Waals surface area contributed by atoms with Gasteiger partial charge in [0.2, 0.25) is 5.13 Å². The first-order valence-electron chi connectivity index (χ1n) is 5.15. The first-order valence-corrected chi connectivity index (χ1v) is 6.74. The molecule has 3 rings (SSSR count). The molecule has 0 fully saturated rings. The first-order chi connectivity index (χ1) is 8.20. The van der Waals surface area contributed by atoms with Crippen LogP contribution in [0.15, 0.2) is 18.2 Å². The van der Waals surface area contributed by atoms with E-state index in [1.165, 1.54) is 16.2 Å². The van der Waals surface area contributed by atoms with Crippen molar-refractivity contribution in [2.75, 3.05) is 5.32 Å². The van der Waals surface area contributed by atoms with Crippen LogP contribution >= 0.6 is 22.9 Å². The lowest BCUT2D eigenvalue weighted by atomic mass is 10.3. The molecule has 4 nitrogen and oxygen atoms in total. The molecule has 1 aromatic carbocycles. The Morgan fingerprint density at radius 1 is 1.18 bits per heavy atom. The number of thiazole rings is 1. The van der Waals surface area contributed by atoms with Crippen molar-refractivity contribution in [1.82, 2.24) is 14.3 Å². The maximum Gasteiger partial charge on any atom is 0.207 e. The van der Waals surface area contributed by atoms with Gasteiger partial charge < -0.3 is 5.32 Å². The quantitative estimate of drug-likeness (QED) is 0.768. The van der Waals surface area contributed by atoms with Crippen LogP contribution in [0.2, 0.25) is 0 Å². The molecule has 6 heteroatoms. The number of benzene rings is 1. The molecule has 0 saturated carbocycles. The Morgan fingerprint density at radius 3 is 2.82 bits per heavy atom. The van der Waals surface area contributed by atoms with Gasteiger partial charge in [-0.15, -0.1) is 11.3 Å². The van der Waals surface area contributed by atoms with E-state index in [1.807, 2.05) is 26.0 Å². The minimum atomic E-state index is 0.798. The number of anilines is 2. The van der Waals surface area contributed by atoms with Gasteiger partial charge in [0.05, 0.1) is 15.2 Å². The zero-order valence-corrected chi connectivity index (χ0v) is 11.0. The molecule has 1 N–H and O–H groups in total. The lowest BCUT2D eigenvalue weighted by Gasteiger charge is -2.00. The molecular formula is C11H10N4S2. The lowest BCUT2D eigenvalue weighted by molar-refractivity contribution is 1.17. The largest absolute Gasteiger partial charge is 0.330 e. The predicted octanol–water partition coefficient (Wildman–Crippen LogP) is 3.51. The van der Waals surface area contributed by atoms with Crippen molar-refractivity contribution in [2.24, 2.45) is 0 Å². The number of nitrogens with one attached hydrogen (secondary N) is 1. The molecule has 0 unspecified atom stereocenters. The summed E-state index contributed by atoms with van der Waals surface area (Å²) < 4.78 is 5.33. The van der Waals surface area contributed by atoms with E-state index in [4.69, 9.17) is 0 Å². The monoisotopic (exact) mass is 262 g/mol. The fourth-order valence-electron chi connectivity index (χ4n) is 1.59. The topological polar surface area (TPSA) is 50.7 Å². The minimum Gasteiger partial charge on any atom is -0.330 e. The summed E-state index contributed by atoms with van der Waals surface area (Å²) >= 11 is 3.07. The lowest BCUT2D eigenvalue weighted by Crippen LogP contribution is -1.88. The van der Waals surface area contributed by atoms with Crippen LogP contribution in [0.4, 0.5) is 10.8 Å². The second-order valence-corrected chi connectivity index (χ2v) is 5.67. The number of aryl methyl sites for hydroxylation is 2. The number of nitrogens with zero attached hydrogens (tertiary/aromatic N) is 3. The van der Waals surface area contributed by atoms with E-state index < -0.39 is 0 Å². The van der Waals surface area contributed by atoms with Crippen LogP contribution in [0.1, 0.15) is 10.8 Å². The fraction of sp³-hybridized carbons (Fsp3) is 0.182. The summed E-state index contributed by atoms with van der Waals surface area (Å²) in [5.41, 5.74) is 2.07. The summed E-state index contributed by atoms with van der Waals surface area (Å²) in [5, 5.41) is 5.16. The highest BCUT2D eigenvalue weighted by Crippen LogP contribution is 2.26. The SMILES string of the molecule is Cc1nsc(Nc2ccc3nc(C)sc3c2)n1. The van der Waals surface area contributed by atoms with Gasteiger partial charge in [-0.05, 0) is 32.0 Å². The third-order valence-corrected chi connectivity index (χ3v) is 3.93. The summed E-state index contributed by atoms with van der Waals surface area (Å²) in [5.74, 6) is 0.798. The maximum atomic E-state index is 4.43. The Morgan fingerprint density at radius 2 is 2.06 bits per heavy atom. The van der Waals surface area contributed by atoms with Gasteiger partial charge in [0, 0.05) is 17.2 Å². The molecule has 2 aromatic heterocycles. The van der Waals surface area contributed by atoms with Crippen LogP contribution in [0, 0.1) is 13.8 Å². The number of hydrogen-bond acceptors (Lipinski definition) is 6. The molecule has 0 spiro atoms. The highest BCUT2D eigenvalue weighted by Gasteiger charge is 2.04. The van der Waals surface area contributed by atoms with Gasteiger partial charge in [-0.25, -0.2) is 9.97 Å². The van der Waals surface area contributed by atoms with Crippen molar-refractivity contribution in [1.29, 1.82) is 0 Å². The van der Waals surface area contributed by atoms with Crippen molar-refractivity contribution >= 4 is 43.9 Å². The number of rotatable bonds is 2. The van der Waals surface area contributed by atoms with Crippen molar-refractivity contribution in [3.8, 4) is 0 Å². The van der Waals surface area contributed by atoms with E-state index in [0.717, 1.165) is 27.2 Å². The Hall–Kier alpha value is -1.53.